The van der Waals surface area contributed by atoms with Crippen LogP contribution in [0.15, 0.2) is 18.2 Å². The van der Waals surface area contributed by atoms with Crippen LogP contribution in [0.4, 0.5) is 5.69 Å². The van der Waals surface area contributed by atoms with Crippen molar-refractivity contribution >= 4 is 11.6 Å². The maximum Gasteiger partial charge on any atom is 0.265 e. The topological polar surface area (TPSA) is 58.6 Å². The lowest BCUT2D eigenvalue weighted by molar-refractivity contribution is -0.122. The predicted octanol–water partition coefficient (Wildman–Crippen LogP) is 2.42. The summed E-state index contributed by atoms with van der Waals surface area (Å²) in [6.45, 7) is 1.75. The number of anilines is 1. The molecule has 4 heteroatoms. The number of nitrogens with one attached hydrogen (secondary N) is 1. The van der Waals surface area contributed by atoms with Crippen LogP contribution >= 0.6 is 0 Å². The molecule has 1 aromatic rings. The number of carbonyl (C=O) groups is 1. The lowest BCUT2D eigenvalue weighted by Crippen LogP contribution is -2.34. The van der Waals surface area contributed by atoms with Crippen LogP contribution in [0.1, 0.15) is 44.1 Å². The first kappa shape index (κ1) is 12.5. The molecule has 4 nitrogen and oxygen atoms in total. The second-order valence-corrected chi connectivity index (χ2v) is 5.51. The van der Waals surface area contributed by atoms with Gasteiger partial charge in [-0.05, 0) is 56.2 Å². The van der Waals surface area contributed by atoms with Crippen molar-refractivity contribution in [3.8, 4) is 5.75 Å². The summed E-state index contributed by atoms with van der Waals surface area (Å²) >= 11 is 0. The standard InChI is InChI=1S/C15H19NO3/c1-9-15(18)16-13-7-4-11(8-14(13)19-9)10-2-5-12(17)6-3-10/h4,7-10,12,17H,2-3,5-6H2,1H3,(H,16,18). The second kappa shape index (κ2) is 4.85. The Morgan fingerprint density at radius 2 is 2.00 bits per heavy atom. The number of amides is 1. The zero-order chi connectivity index (χ0) is 13.4. The van der Waals surface area contributed by atoms with Crippen molar-refractivity contribution in [1.29, 1.82) is 0 Å². The highest BCUT2D eigenvalue weighted by Gasteiger charge is 2.26. The fourth-order valence-corrected chi connectivity index (χ4v) is 2.88. The third-order valence-corrected chi connectivity index (χ3v) is 4.10. The van der Waals surface area contributed by atoms with Gasteiger partial charge in [0.2, 0.25) is 0 Å². The maximum atomic E-state index is 11.5. The summed E-state index contributed by atoms with van der Waals surface area (Å²) in [5, 5.41) is 12.4. The van der Waals surface area contributed by atoms with E-state index in [1.165, 1.54) is 5.56 Å². The van der Waals surface area contributed by atoms with Gasteiger partial charge >= 0.3 is 0 Å². The molecule has 3 rings (SSSR count). The molecule has 1 atom stereocenters. The summed E-state index contributed by atoms with van der Waals surface area (Å²) in [5.41, 5.74) is 2.00. The van der Waals surface area contributed by atoms with Crippen molar-refractivity contribution < 1.29 is 14.6 Å². The normalized spacial score (nSPS) is 30.2. The number of hydrogen-bond donors (Lipinski definition) is 2. The zero-order valence-corrected chi connectivity index (χ0v) is 11.1. The Morgan fingerprint density at radius 1 is 1.26 bits per heavy atom. The monoisotopic (exact) mass is 261 g/mol. The largest absolute Gasteiger partial charge is 0.479 e. The van der Waals surface area contributed by atoms with Crippen molar-refractivity contribution in [3.63, 3.8) is 0 Å². The maximum absolute atomic E-state index is 11.5. The van der Waals surface area contributed by atoms with E-state index in [1.54, 1.807) is 6.92 Å². The summed E-state index contributed by atoms with van der Waals surface area (Å²) < 4.78 is 5.64. The van der Waals surface area contributed by atoms with Crippen LogP contribution in [0.3, 0.4) is 0 Å². The smallest absolute Gasteiger partial charge is 0.265 e. The van der Waals surface area contributed by atoms with Gasteiger partial charge in [-0.15, -0.1) is 0 Å². The quantitative estimate of drug-likeness (QED) is 0.816. The molecule has 0 radical (unpaired) electrons. The summed E-state index contributed by atoms with van der Waals surface area (Å²) in [7, 11) is 0. The Hall–Kier alpha value is -1.55. The van der Waals surface area contributed by atoms with E-state index in [0.717, 1.165) is 37.1 Å². The third kappa shape index (κ3) is 2.45. The van der Waals surface area contributed by atoms with Crippen molar-refractivity contribution in [3.05, 3.63) is 23.8 Å². The van der Waals surface area contributed by atoms with Crippen molar-refractivity contribution in [2.75, 3.05) is 5.32 Å². The molecular formula is C15H19NO3. The summed E-state index contributed by atoms with van der Waals surface area (Å²) in [6, 6.07) is 6.01. The number of aliphatic hydroxyl groups excluding tert-OH is 1. The molecule has 1 aliphatic heterocycles. The van der Waals surface area contributed by atoms with E-state index in [2.05, 4.69) is 11.4 Å². The highest BCUT2D eigenvalue weighted by Crippen LogP contribution is 2.38. The zero-order valence-electron chi connectivity index (χ0n) is 11.1. The van der Waals surface area contributed by atoms with Crippen LogP contribution in [0.25, 0.3) is 0 Å². The molecule has 2 aliphatic rings. The highest BCUT2D eigenvalue weighted by atomic mass is 16.5. The average molecular weight is 261 g/mol. The second-order valence-electron chi connectivity index (χ2n) is 5.51. The number of aliphatic hydroxyl groups is 1. The van der Waals surface area contributed by atoms with Gasteiger partial charge in [0.1, 0.15) is 5.75 Å². The van der Waals surface area contributed by atoms with Gasteiger partial charge in [0, 0.05) is 0 Å². The van der Waals surface area contributed by atoms with Crippen LogP contribution < -0.4 is 10.1 Å². The molecule has 1 amide bonds. The van der Waals surface area contributed by atoms with Gasteiger partial charge in [0.25, 0.3) is 5.91 Å². The first-order valence-corrected chi connectivity index (χ1v) is 6.93. The van der Waals surface area contributed by atoms with Gasteiger partial charge < -0.3 is 15.2 Å². The SMILES string of the molecule is CC1Oc2cc(C3CCC(O)CC3)ccc2NC1=O. The fraction of sp³-hybridized carbons (Fsp3) is 0.533. The third-order valence-electron chi connectivity index (χ3n) is 4.10. The molecule has 1 fully saturated rings. The fourth-order valence-electron chi connectivity index (χ4n) is 2.88. The first-order chi connectivity index (χ1) is 9.13. The molecule has 0 bridgehead atoms. The summed E-state index contributed by atoms with van der Waals surface area (Å²) in [4.78, 5) is 11.5. The Balaban J connectivity index is 1.81. The minimum atomic E-state index is -0.434. The van der Waals surface area contributed by atoms with Crippen LogP contribution in [-0.2, 0) is 4.79 Å². The van der Waals surface area contributed by atoms with E-state index in [4.69, 9.17) is 4.74 Å². The van der Waals surface area contributed by atoms with E-state index in [-0.39, 0.29) is 12.0 Å². The summed E-state index contributed by atoms with van der Waals surface area (Å²) in [5.74, 6) is 1.15. The molecule has 1 aromatic carbocycles. The first-order valence-electron chi connectivity index (χ1n) is 6.93. The number of fused-ring (bicyclic) bond motifs is 1. The van der Waals surface area contributed by atoms with E-state index >= 15 is 0 Å². The van der Waals surface area contributed by atoms with Gasteiger partial charge in [0.05, 0.1) is 11.8 Å². The molecule has 0 saturated heterocycles. The van der Waals surface area contributed by atoms with Crippen LogP contribution in [-0.4, -0.2) is 23.2 Å². The molecule has 2 N–H and O–H groups in total. The Morgan fingerprint density at radius 3 is 2.74 bits per heavy atom. The molecule has 0 aromatic heterocycles. The lowest BCUT2D eigenvalue weighted by Gasteiger charge is -2.28. The van der Waals surface area contributed by atoms with Crippen molar-refractivity contribution in [2.45, 2.75) is 50.7 Å². The number of hydrogen-bond acceptors (Lipinski definition) is 3. The minimum Gasteiger partial charge on any atom is -0.479 e. The Kier molecular flexibility index (Phi) is 3.19. The van der Waals surface area contributed by atoms with Gasteiger partial charge in [-0.1, -0.05) is 6.07 Å². The van der Waals surface area contributed by atoms with E-state index in [0.29, 0.717) is 5.92 Å². The number of rotatable bonds is 1. The molecule has 19 heavy (non-hydrogen) atoms. The number of carbonyl (C=O) groups excluding carboxylic acids is 1. The predicted molar refractivity (Wildman–Crippen MR) is 72.4 cm³/mol. The Bertz CT molecular complexity index is 492. The van der Waals surface area contributed by atoms with Crippen LogP contribution in [0.2, 0.25) is 0 Å². The molecule has 0 spiro atoms. The van der Waals surface area contributed by atoms with Crippen LogP contribution in [0, 0.1) is 0 Å². The number of ether oxygens (including phenoxy) is 1. The molecule has 1 unspecified atom stereocenters. The molecule has 1 saturated carbocycles. The average Bonchev–Trinajstić information content (AvgIpc) is 2.40. The van der Waals surface area contributed by atoms with E-state index in [9.17, 15) is 9.90 Å². The lowest BCUT2D eigenvalue weighted by atomic mass is 9.82. The molecule has 102 valence electrons. The van der Waals surface area contributed by atoms with Crippen molar-refractivity contribution in [2.24, 2.45) is 0 Å². The van der Waals surface area contributed by atoms with Gasteiger partial charge in [-0.3, -0.25) is 4.79 Å². The highest BCUT2D eigenvalue weighted by molar-refractivity contribution is 5.97. The summed E-state index contributed by atoms with van der Waals surface area (Å²) in [6.07, 6.45) is 3.20. The van der Waals surface area contributed by atoms with E-state index in [1.807, 2.05) is 12.1 Å². The molecular weight excluding hydrogens is 242 g/mol. The van der Waals surface area contributed by atoms with Crippen molar-refractivity contribution in [1.82, 2.24) is 0 Å². The van der Waals surface area contributed by atoms with E-state index < -0.39 is 6.10 Å². The molecule has 1 heterocycles. The van der Waals surface area contributed by atoms with Gasteiger partial charge in [-0.25, -0.2) is 0 Å². The van der Waals surface area contributed by atoms with Crippen LogP contribution in [0.5, 0.6) is 5.75 Å². The Labute approximate surface area is 112 Å². The minimum absolute atomic E-state index is 0.0963. The van der Waals surface area contributed by atoms with Gasteiger partial charge in [-0.2, -0.15) is 0 Å². The molecule has 1 aliphatic carbocycles. The van der Waals surface area contributed by atoms with Gasteiger partial charge in [0.15, 0.2) is 6.10 Å². The number of benzene rings is 1.